The molecule has 1 aromatic carbocycles. The average molecular weight is 331 g/mol. The lowest BCUT2D eigenvalue weighted by molar-refractivity contribution is -0.117. The highest BCUT2D eigenvalue weighted by molar-refractivity contribution is 9.10. The van der Waals surface area contributed by atoms with Crippen molar-refractivity contribution in [3.8, 4) is 0 Å². The molecule has 2 rings (SSSR count). The molecule has 1 aliphatic rings. The molecular weight excluding hydrogens is 312 g/mol. The first-order chi connectivity index (χ1) is 9.72. The van der Waals surface area contributed by atoms with E-state index < -0.39 is 0 Å². The van der Waals surface area contributed by atoms with E-state index in [1.165, 1.54) is 11.1 Å². The fourth-order valence-corrected chi connectivity index (χ4v) is 2.80. The van der Waals surface area contributed by atoms with Gasteiger partial charge in [-0.2, -0.15) is 0 Å². The number of carbonyl (C=O) groups excluding carboxylic acids is 1. The summed E-state index contributed by atoms with van der Waals surface area (Å²) in [5, 5.41) is 0. The van der Waals surface area contributed by atoms with Gasteiger partial charge < -0.3 is 0 Å². The highest BCUT2D eigenvalue weighted by Crippen LogP contribution is 2.25. The number of allylic oxidation sites excluding steroid dienone is 6. The maximum atomic E-state index is 12.0. The molecule has 1 nitrogen and oxygen atoms in total. The molecular formula is C18H19BrO. The summed E-state index contributed by atoms with van der Waals surface area (Å²) in [6.07, 6.45) is 10.8. The molecule has 1 aromatic rings. The molecule has 0 fully saturated rings. The average Bonchev–Trinajstić information content (AvgIpc) is 2.73. The van der Waals surface area contributed by atoms with Crippen LogP contribution in [-0.2, 0) is 4.79 Å². The number of carbonyl (C=O) groups is 1. The van der Waals surface area contributed by atoms with Crippen molar-refractivity contribution in [1.82, 2.24) is 0 Å². The first kappa shape index (κ1) is 15.0. The van der Waals surface area contributed by atoms with E-state index in [0.717, 1.165) is 18.4 Å². The van der Waals surface area contributed by atoms with Crippen LogP contribution in [0.25, 0.3) is 5.57 Å². The van der Waals surface area contributed by atoms with Crippen molar-refractivity contribution in [2.45, 2.75) is 31.0 Å². The molecule has 1 aliphatic carbocycles. The lowest BCUT2D eigenvalue weighted by Gasteiger charge is -2.10. The van der Waals surface area contributed by atoms with Crippen molar-refractivity contribution in [2.24, 2.45) is 0 Å². The van der Waals surface area contributed by atoms with Crippen LogP contribution < -0.4 is 0 Å². The molecule has 2 heteroatoms. The van der Waals surface area contributed by atoms with Crippen LogP contribution in [0.1, 0.15) is 31.7 Å². The van der Waals surface area contributed by atoms with E-state index in [1.807, 2.05) is 25.1 Å². The van der Waals surface area contributed by atoms with Gasteiger partial charge in [-0.25, -0.2) is 0 Å². The summed E-state index contributed by atoms with van der Waals surface area (Å²) >= 11 is 3.54. The quantitative estimate of drug-likeness (QED) is 0.687. The Bertz CT molecular complexity index is 552. The third-order valence-corrected chi connectivity index (χ3v) is 4.44. The zero-order valence-corrected chi connectivity index (χ0v) is 13.3. The van der Waals surface area contributed by atoms with Gasteiger partial charge in [-0.3, -0.25) is 4.79 Å². The van der Waals surface area contributed by atoms with Crippen molar-refractivity contribution in [2.75, 3.05) is 0 Å². The van der Waals surface area contributed by atoms with Gasteiger partial charge in [-0.1, -0.05) is 77.5 Å². The number of hydrogen-bond donors (Lipinski definition) is 0. The van der Waals surface area contributed by atoms with Crippen molar-refractivity contribution in [3.05, 3.63) is 65.8 Å². The van der Waals surface area contributed by atoms with E-state index in [4.69, 9.17) is 0 Å². The molecule has 0 amide bonds. The molecule has 0 aliphatic heterocycles. The second-order valence-corrected chi connectivity index (χ2v) is 5.83. The first-order valence-electron chi connectivity index (χ1n) is 7.02. The standard InChI is InChI=1S/C18H19BrO/c1-2-7-17(20)18(19)16-11-6-10-15(12-13-16)14-8-4-3-5-9-14/h3-6,8-10,12-13,18H,2,7,11H2,1H3. The Morgan fingerprint density at radius 2 is 2.00 bits per heavy atom. The van der Waals surface area contributed by atoms with Crippen LogP contribution in [0.3, 0.4) is 0 Å². The molecule has 0 saturated carbocycles. The van der Waals surface area contributed by atoms with Gasteiger partial charge in [-0.05, 0) is 29.6 Å². The molecule has 0 aromatic heterocycles. The fourth-order valence-electron chi connectivity index (χ4n) is 2.23. The Morgan fingerprint density at radius 3 is 2.70 bits per heavy atom. The zero-order valence-electron chi connectivity index (χ0n) is 11.7. The molecule has 0 heterocycles. The lowest BCUT2D eigenvalue weighted by atomic mass is 10.0. The molecule has 0 spiro atoms. The summed E-state index contributed by atoms with van der Waals surface area (Å²) in [4.78, 5) is 11.8. The summed E-state index contributed by atoms with van der Waals surface area (Å²) in [6.45, 7) is 2.03. The van der Waals surface area contributed by atoms with Crippen LogP contribution in [0.5, 0.6) is 0 Å². The zero-order chi connectivity index (χ0) is 14.4. The van der Waals surface area contributed by atoms with Crippen molar-refractivity contribution >= 4 is 27.3 Å². The maximum Gasteiger partial charge on any atom is 0.150 e. The summed E-state index contributed by atoms with van der Waals surface area (Å²) in [5.41, 5.74) is 3.51. The molecule has 20 heavy (non-hydrogen) atoms. The van der Waals surface area contributed by atoms with Gasteiger partial charge in [0.05, 0.1) is 4.83 Å². The van der Waals surface area contributed by atoms with Gasteiger partial charge >= 0.3 is 0 Å². The summed E-state index contributed by atoms with van der Waals surface area (Å²) in [5.74, 6) is 0.267. The topological polar surface area (TPSA) is 17.1 Å². The monoisotopic (exact) mass is 330 g/mol. The van der Waals surface area contributed by atoms with Gasteiger partial charge in [0, 0.05) is 6.42 Å². The number of alkyl halides is 1. The molecule has 0 saturated heterocycles. The van der Waals surface area contributed by atoms with E-state index >= 15 is 0 Å². The van der Waals surface area contributed by atoms with Crippen LogP contribution in [0, 0.1) is 0 Å². The van der Waals surface area contributed by atoms with Gasteiger partial charge in [0.1, 0.15) is 0 Å². The van der Waals surface area contributed by atoms with Crippen molar-refractivity contribution in [1.29, 1.82) is 0 Å². The summed E-state index contributed by atoms with van der Waals surface area (Å²) in [6, 6.07) is 10.3. The number of ketones is 1. The Balaban J connectivity index is 2.19. The second-order valence-electron chi connectivity index (χ2n) is 4.91. The van der Waals surface area contributed by atoms with Crippen LogP contribution in [0.15, 0.2) is 60.2 Å². The minimum Gasteiger partial charge on any atom is -0.298 e. The van der Waals surface area contributed by atoms with E-state index in [1.54, 1.807) is 0 Å². The highest BCUT2D eigenvalue weighted by Gasteiger charge is 2.18. The van der Waals surface area contributed by atoms with Crippen molar-refractivity contribution in [3.63, 3.8) is 0 Å². The minimum absolute atomic E-state index is 0.154. The molecule has 1 unspecified atom stereocenters. The number of benzene rings is 1. The molecule has 0 radical (unpaired) electrons. The van der Waals surface area contributed by atoms with Gasteiger partial charge in [0.25, 0.3) is 0 Å². The predicted molar refractivity (Wildman–Crippen MR) is 88.9 cm³/mol. The van der Waals surface area contributed by atoms with Crippen LogP contribution in [0.2, 0.25) is 0 Å². The van der Waals surface area contributed by atoms with Gasteiger partial charge in [-0.15, -0.1) is 0 Å². The number of rotatable bonds is 5. The molecule has 0 bridgehead atoms. The van der Waals surface area contributed by atoms with E-state index in [2.05, 4.69) is 52.4 Å². The van der Waals surface area contributed by atoms with Crippen LogP contribution in [-0.4, -0.2) is 10.6 Å². The molecule has 1 atom stereocenters. The normalized spacial score (nSPS) is 16.1. The Hall–Kier alpha value is -1.41. The van der Waals surface area contributed by atoms with Crippen LogP contribution >= 0.6 is 15.9 Å². The van der Waals surface area contributed by atoms with E-state index in [9.17, 15) is 4.79 Å². The third kappa shape index (κ3) is 3.80. The summed E-state index contributed by atoms with van der Waals surface area (Å²) in [7, 11) is 0. The minimum atomic E-state index is -0.154. The second kappa shape index (κ2) is 7.39. The SMILES string of the molecule is CCCC(=O)C(Br)C1=CC=C(c2ccccc2)C=CC1. The predicted octanol–water partition coefficient (Wildman–Crippen LogP) is 5.09. The van der Waals surface area contributed by atoms with Crippen LogP contribution in [0.4, 0.5) is 0 Å². The van der Waals surface area contributed by atoms with E-state index in [0.29, 0.717) is 6.42 Å². The fraction of sp³-hybridized carbons (Fsp3) is 0.278. The first-order valence-corrected chi connectivity index (χ1v) is 7.93. The molecule has 104 valence electrons. The molecule has 0 N–H and O–H groups in total. The Kier molecular flexibility index (Phi) is 5.54. The smallest absolute Gasteiger partial charge is 0.150 e. The van der Waals surface area contributed by atoms with Crippen molar-refractivity contribution < 1.29 is 4.79 Å². The summed E-state index contributed by atoms with van der Waals surface area (Å²) < 4.78 is 0. The maximum absolute atomic E-state index is 12.0. The number of halogens is 1. The highest BCUT2D eigenvalue weighted by atomic mass is 79.9. The van der Waals surface area contributed by atoms with Gasteiger partial charge in [0.15, 0.2) is 5.78 Å². The number of Topliss-reactive ketones (excluding diaryl/α,β-unsaturated/α-hetero) is 1. The van der Waals surface area contributed by atoms with E-state index in [-0.39, 0.29) is 10.6 Å². The Labute approximate surface area is 129 Å². The number of hydrogen-bond acceptors (Lipinski definition) is 1. The third-order valence-electron chi connectivity index (χ3n) is 3.34. The lowest BCUT2D eigenvalue weighted by Crippen LogP contribution is -2.15. The Morgan fingerprint density at radius 1 is 1.25 bits per heavy atom. The van der Waals surface area contributed by atoms with Gasteiger partial charge in [0.2, 0.25) is 0 Å². The largest absolute Gasteiger partial charge is 0.298 e.